The summed E-state index contributed by atoms with van der Waals surface area (Å²) < 4.78 is 45.9. The van der Waals surface area contributed by atoms with Crippen molar-refractivity contribution in [1.29, 1.82) is 0 Å². The van der Waals surface area contributed by atoms with Crippen LogP contribution in [-0.4, -0.2) is 16.8 Å². The zero-order valence-corrected chi connectivity index (χ0v) is 9.07. The van der Waals surface area contributed by atoms with Crippen LogP contribution >= 0.6 is 0 Å². The lowest BCUT2D eigenvalue weighted by molar-refractivity contribution is 0.582. The molecule has 0 spiro atoms. The van der Waals surface area contributed by atoms with Crippen LogP contribution in [0.4, 0.5) is 0 Å². The van der Waals surface area contributed by atoms with Gasteiger partial charge in [0.2, 0.25) is 15.4 Å². The quantitative estimate of drug-likeness (QED) is 0.814. The van der Waals surface area contributed by atoms with Gasteiger partial charge in [-0.05, 0) is 5.56 Å². The Morgan fingerprint density at radius 1 is 1.20 bits per heavy atom. The molecule has 1 unspecified atom stereocenters. The molecule has 0 aromatic heterocycles. The molecule has 2 N–H and O–H groups in total. The minimum Gasteiger partial charge on any atom is -0.227 e. The zero-order valence-electron chi connectivity index (χ0n) is 7.44. The number of sulfonamides is 1. The van der Waals surface area contributed by atoms with Crippen LogP contribution in [0.5, 0.6) is 0 Å². The van der Waals surface area contributed by atoms with E-state index in [1.807, 2.05) is 0 Å². The summed E-state index contributed by atoms with van der Waals surface area (Å²) in [5, 5.41) is 3.29. The Balaban J connectivity index is 3.33. The van der Waals surface area contributed by atoms with E-state index in [0.717, 1.165) is 0 Å². The van der Waals surface area contributed by atoms with E-state index >= 15 is 0 Å². The van der Waals surface area contributed by atoms with Gasteiger partial charge >= 0.3 is 10.5 Å². The maximum atomic E-state index is 11.1. The van der Waals surface area contributed by atoms with Gasteiger partial charge in [-0.3, -0.25) is 0 Å². The van der Waals surface area contributed by atoms with Gasteiger partial charge in [0.05, 0.1) is 0 Å². The first-order valence-corrected chi connectivity index (χ1v) is 6.42. The van der Waals surface area contributed by atoms with Crippen molar-refractivity contribution in [2.24, 2.45) is 9.50 Å². The normalized spacial score (nSPS) is 13.1. The van der Waals surface area contributed by atoms with Gasteiger partial charge in [0.1, 0.15) is 0 Å². The molecular weight excluding hydrogens is 240 g/mol. The van der Waals surface area contributed by atoms with Gasteiger partial charge in [-0.1, -0.05) is 30.3 Å². The Morgan fingerprint density at radius 3 is 2.13 bits per heavy atom. The molecule has 1 atom stereocenters. The van der Waals surface area contributed by atoms with Gasteiger partial charge in [0.25, 0.3) is 0 Å². The Morgan fingerprint density at radius 2 is 1.73 bits per heavy atom. The second-order valence-electron chi connectivity index (χ2n) is 2.67. The van der Waals surface area contributed by atoms with Gasteiger partial charge in [0, 0.05) is 0 Å². The molecule has 6 nitrogen and oxygen atoms in total. The molecule has 1 rings (SSSR count). The minimum absolute atomic E-state index is 0.212. The fraction of sp³-hybridized carbons (Fsp3) is 0.143. The second kappa shape index (κ2) is 4.51. The largest absolute Gasteiger partial charge is 0.312 e. The number of benzene rings is 1. The number of nitrogens with two attached hydrogens (primary N) is 1. The summed E-state index contributed by atoms with van der Waals surface area (Å²) in [6.07, 6.45) is 0. The number of hydrogen-bond acceptors (Lipinski definition) is 5. The standard InChI is InChI=1S/C7H8N2O4S2/c8-15(12,13)7(9-14(10)11)6-4-2-1-3-5-6/h1-5,7H,(H2,8,12,13). The Bertz CT molecular complexity index is 554. The summed E-state index contributed by atoms with van der Waals surface area (Å²) >= 11 is 0. The molecule has 0 aliphatic heterocycles. The van der Waals surface area contributed by atoms with Crippen LogP contribution in [0.1, 0.15) is 10.9 Å². The van der Waals surface area contributed by atoms with Crippen molar-refractivity contribution >= 4 is 20.5 Å². The molecule has 0 radical (unpaired) electrons. The predicted molar refractivity (Wildman–Crippen MR) is 53.6 cm³/mol. The highest BCUT2D eigenvalue weighted by Crippen LogP contribution is 2.20. The summed E-state index contributed by atoms with van der Waals surface area (Å²) in [6.45, 7) is 0. The third-order valence-electron chi connectivity index (χ3n) is 1.58. The van der Waals surface area contributed by atoms with E-state index in [1.54, 1.807) is 18.2 Å². The summed E-state index contributed by atoms with van der Waals surface area (Å²) in [4.78, 5) is 0. The minimum atomic E-state index is -4.07. The molecule has 0 saturated heterocycles. The van der Waals surface area contributed by atoms with Crippen molar-refractivity contribution in [3.63, 3.8) is 0 Å². The number of primary sulfonamides is 1. The van der Waals surface area contributed by atoms with E-state index in [1.165, 1.54) is 12.1 Å². The van der Waals surface area contributed by atoms with Gasteiger partial charge in [-0.25, -0.2) is 13.6 Å². The lowest BCUT2D eigenvalue weighted by Gasteiger charge is -2.06. The summed E-state index contributed by atoms with van der Waals surface area (Å²) in [5.41, 5.74) is 0.212. The maximum Gasteiger partial charge on any atom is 0.312 e. The molecule has 0 saturated carbocycles. The average molecular weight is 248 g/mol. The number of hydrogen-bond donors (Lipinski definition) is 1. The van der Waals surface area contributed by atoms with Gasteiger partial charge in [-0.15, -0.1) is 4.36 Å². The molecule has 0 fully saturated rings. The van der Waals surface area contributed by atoms with Crippen LogP contribution in [0, 0.1) is 0 Å². The first-order chi connectivity index (χ1) is 6.91. The van der Waals surface area contributed by atoms with Crippen molar-refractivity contribution in [2.75, 3.05) is 0 Å². The number of rotatable bonds is 3. The van der Waals surface area contributed by atoms with Crippen molar-refractivity contribution in [3.8, 4) is 0 Å². The summed E-state index contributed by atoms with van der Waals surface area (Å²) in [5.74, 6) is 0. The fourth-order valence-corrected chi connectivity index (χ4v) is 2.51. The van der Waals surface area contributed by atoms with Crippen molar-refractivity contribution in [2.45, 2.75) is 5.37 Å². The molecule has 82 valence electrons. The first kappa shape index (κ1) is 11.8. The van der Waals surface area contributed by atoms with Crippen molar-refractivity contribution in [3.05, 3.63) is 35.9 Å². The molecule has 0 heterocycles. The van der Waals surface area contributed by atoms with Crippen LogP contribution in [0.2, 0.25) is 0 Å². The van der Waals surface area contributed by atoms with Crippen LogP contribution in [0.15, 0.2) is 34.7 Å². The third-order valence-corrected chi connectivity index (χ3v) is 3.09. The topological polar surface area (TPSA) is 107 Å². The molecule has 8 heteroatoms. The third kappa shape index (κ3) is 3.42. The van der Waals surface area contributed by atoms with Gasteiger partial charge in [-0.2, -0.15) is 8.42 Å². The molecule has 0 bridgehead atoms. The lowest BCUT2D eigenvalue weighted by Crippen LogP contribution is -2.20. The predicted octanol–water partition coefficient (Wildman–Crippen LogP) is 0.0364. The molecule has 1 aromatic carbocycles. The highest BCUT2D eigenvalue weighted by atomic mass is 32.2. The van der Waals surface area contributed by atoms with Crippen LogP contribution in [0.3, 0.4) is 0 Å². The smallest absolute Gasteiger partial charge is 0.227 e. The van der Waals surface area contributed by atoms with E-state index in [9.17, 15) is 16.8 Å². The average Bonchev–Trinajstić information content (AvgIpc) is 2.14. The molecular formula is C7H8N2O4S2. The van der Waals surface area contributed by atoms with Gasteiger partial charge in [0.15, 0.2) is 0 Å². The van der Waals surface area contributed by atoms with E-state index in [4.69, 9.17) is 5.14 Å². The van der Waals surface area contributed by atoms with Crippen molar-refractivity contribution in [1.82, 2.24) is 0 Å². The summed E-state index contributed by atoms with van der Waals surface area (Å²) in [7, 11) is -6.90. The van der Waals surface area contributed by atoms with Crippen molar-refractivity contribution < 1.29 is 16.8 Å². The van der Waals surface area contributed by atoms with E-state index in [-0.39, 0.29) is 5.56 Å². The highest BCUT2D eigenvalue weighted by Gasteiger charge is 2.23. The second-order valence-corrected chi connectivity index (χ2v) is 4.94. The Hall–Kier alpha value is -1.25. The zero-order chi connectivity index (χ0) is 11.5. The molecule has 0 aliphatic carbocycles. The Labute approximate surface area is 88.5 Å². The molecule has 0 amide bonds. The molecule has 1 aromatic rings. The van der Waals surface area contributed by atoms with Crippen LogP contribution < -0.4 is 5.14 Å². The monoisotopic (exact) mass is 248 g/mol. The van der Waals surface area contributed by atoms with E-state index < -0.39 is 25.9 Å². The van der Waals surface area contributed by atoms with E-state index in [0.29, 0.717) is 0 Å². The first-order valence-electron chi connectivity index (χ1n) is 3.78. The SMILES string of the molecule is NS(=O)(=O)C(N=S(=O)=O)c1ccccc1. The maximum absolute atomic E-state index is 11.1. The molecule has 0 aliphatic rings. The highest BCUT2D eigenvalue weighted by molar-refractivity contribution is 7.89. The number of nitrogens with zero attached hydrogens (tertiary/aromatic N) is 1. The molecule has 15 heavy (non-hydrogen) atoms. The van der Waals surface area contributed by atoms with Crippen LogP contribution in [-0.2, 0) is 20.5 Å². The van der Waals surface area contributed by atoms with Gasteiger partial charge < -0.3 is 0 Å². The summed E-state index contributed by atoms with van der Waals surface area (Å²) in [6, 6.07) is 7.67. The fourth-order valence-electron chi connectivity index (χ4n) is 1.01. The van der Waals surface area contributed by atoms with Crippen LogP contribution in [0.25, 0.3) is 0 Å². The van der Waals surface area contributed by atoms with E-state index in [2.05, 4.69) is 4.36 Å². The Kier molecular flexibility index (Phi) is 3.56. The lowest BCUT2D eigenvalue weighted by atomic mass is 10.2.